The van der Waals surface area contributed by atoms with Crippen LogP contribution >= 0.6 is 0 Å². The van der Waals surface area contributed by atoms with E-state index >= 15 is 0 Å². The summed E-state index contributed by atoms with van der Waals surface area (Å²) < 4.78 is 5.94. The van der Waals surface area contributed by atoms with Gasteiger partial charge in [0.1, 0.15) is 11.3 Å². The lowest BCUT2D eigenvalue weighted by Crippen LogP contribution is -2.26. The number of fused-ring (bicyclic) bond motifs is 1. The number of aromatic nitrogens is 4. The van der Waals surface area contributed by atoms with E-state index in [1.807, 2.05) is 61.6 Å². The number of carbonyl (C=O) groups excluding carboxylic acids is 1. The van der Waals surface area contributed by atoms with Crippen molar-refractivity contribution in [1.82, 2.24) is 25.1 Å². The number of hydrogen-bond acceptors (Lipinski definition) is 5. The van der Waals surface area contributed by atoms with Crippen molar-refractivity contribution in [3.63, 3.8) is 0 Å². The Morgan fingerprint density at radius 1 is 1.10 bits per heavy atom. The highest BCUT2D eigenvalue weighted by atomic mass is 16.3. The molecule has 0 unspecified atom stereocenters. The second-order valence-corrected chi connectivity index (χ2v) is 7.28. The Hall–Kier alpha value is -3.48. The summed E-state index contributed by atoms with van der Waals surface area (Å²) in [4.78, 5) is 16.0. The summed E-state index contributed by atoms with van der Waals surface area (Å²) in [5.41, 5.74) is 2.89. The Balaban J connectivity index is 1.33. The Labute approximate surface area is 175 Å². The maximum atomic E-state index is 12.7. The third-order valence-electron chi connectivity index (χ3n) is 5.16. The normalized spacial score (nSPS) is 11.1. The molecule has 0 N–H and O–H groups in total. The Kier molecular flexibility index (Phi) is 5.88. The van der Waals surface area contributed by atoms with Crippen LogP contribution in [0, 0.1) is 0 Å². The van der Waals surface area contributed by atoms with Gasteiger partial charge in [-0.2, -0.15) is 4.80 Å². The summed E-state index contributed by atoms with van der Waals surface area (Å²) in [6.45, 7) is 3.16. The van der Waals surface area contributed by atoms with Crippen molar-refractivity contribution in [2.45, 2.75) is 39.3 Å². The van der Waals surface area contributed by atoms with Gasteiger partial charge in [0.25, 0.3) is 0 Å². The molecule has 2 heterocycles. The molecule has 2 aromatic carbocycles. The van der Waals surface area contributed by atoms with Gasteiger partial charge in [0.05, 0.1) is 6.54 Å². The van der Waals surface area contributed by atoms with Crippen molar-refractivity contribution in [3.05, 3.63) is 65.9 Å². The molecule has 154 valence electrons. The van der Waals surface area contributed by atoms with E-state index in [0.29, 0.717) is 31.8 Å². The summed E-state index contributed by atoms with van der Waals surface area (Å²) >= 11 is 0. The third kappa shape index (κ3) is 4.25. The van der Waals surface area contributed by atoms with E-state index in [1.165, 1.54) is 0 Å². The SMILES string of the molecule is CCc1oc2ccccc2c1CN(C)C(=O)CCCn1nnc(-c2ccccc2)n1. The lowest BCUT2D eigenvalue weighted by molar-refractivity contribution is -0.130. The van der Waals surface area contributed by atoms with Crippen LogP contribution in [0.2, 0.25) is 0 Å². The van der Waals surface area contributed by atoms with Gasteiger partial charge in [-0.25, -0.2) is 0 Å². The number of furan rings is 1. The standard InChI is InChI=1S/C23H25N5O2/c1-3-20-19(18-12-7-8-13-21(18)30-20)16-27(2)22(29)14-9-15-28-25-23(24-26-28)17-10-5-4-6-11-17/h4-8,10-13H,3,9,14-16H2,1-2H3. The van der Waals surface area contributed by atoms with Crippen molar-refractivity contribution in [2.75, 3.05) is 7.05 Å². The molecule has 2 aromatic heterocycles. The first-order chi connectivity index (χ1) is 14.7. The van der Waals surface area contributed by atoms with Crippen molar-refractivity contribution in [1.29, 1.82) is 0 Å². The molecule has 0 atom stereocenters. The Morgan fingerprint density at radius 2 is 1.87 bits per heavy atom. The highest BCUT2D eigenvalue weighted by molar-refractivity contribution is 5.83. The molecule has 0 saturated carbocycles. The molecule has 1 amide bonds. The van der Waals surface area contributed by atoms with Crippen molar-refractivity contribution < 1.29 is 9.21 Å². The van der Waals surface area contributed by atoms with Gasteiger partial charge < -0.3 is 9.32 Å². The van der Waals surface area contributed by atoms with Crippen molar-refractivity contribution in [3.8, 4) is 11.4 Å². The minimum absolute atomic E-state index is 0.0886. The topological polar surface area (TPSA) is 77.0 Å². The molecule has 0 spiro atoms. The van der Waals surface area contributed by atoms with Crippen LogP contribution in [0.4, 0.5) is 0 Å². The van der Waals surface area contributed by atoms with Crippen LogP contribution in [0.25, 0.3) is 22.4 Å². The molecule has 0 aliphatic carbocycles. The number of tetrazole rings is 1. The van der Waals surface area contributed by atoms with E-state index in [0.717, 1.165) is 34.3 Å². The highest BCUT2D eigenvalue weighted by Gasteiger charge is 2.17. The van der Waals surface area contributed by atoms with Crippen LogP contribution < -0.4 is 0 Å². The maximum absolute atomic E-state index is 12.7. The fourth-order valence-corrected chi connectivity index (χ4v) is 3.54. The molecular formula is C23H25N5O2. The zero-order valence-corrected chi connectivity index (χ0v) is 17.3. The van der Waals surface area contributed by atoms with Gasteiger partial charge in [0.15, 0.2) is 0 Å². The van der Waals surface area contributed by atoms with Gasteiger partial charge in [-0.1, -0.05) is 55.5 Å². The van der Waals surface area contributed by atoms with Crippen LogP contribution in [-0.4, -0.2) is 38.1 Å². The minimum Gasteiger partial charge on any atom is -0.461 e. The fourth-order valence-electron chi connectivity index (χ4n) is 3.54. The molecule has 0 fully saturated rings. The first-order valence-corrected chi connectivity index (χ1v) is 10.2. The second-order valence-electron chi connectivity index (χ2n) is 7.28. The van der Waals surface area contributed by atoms with Crippen LogP contribution in [0.1, 0.15) is 31.1 Å². The zero-order chi connectivity index (χ0) is 20.9. The van der Waals surface area contributed by atoms with E-state index in [1.54, 1.807) is 9.70 Å². The zero-order valence-electron chi connectivity index (χ0n) is 17.3. The molecule has 7 nitrogen and oxygen atoms in total. The average Bonchev–Trinajstić information content (AvgIpc) is 3.39. The van der Waals surface area contributed by atoms with Crippen molar-refractivity contribution in [2.24, 2.45) is 0 Å². The minimum atomic E-state index is 0.0886. The second kappa shape index (κ2) is 8.90. The number of carbonyl (C=O) groups is 1. The molecule has 0 saturated heterocycles. The molecule has 7 heteroatoms. The van der Waals surface area contributed by atoms with Gasteiger partial charge in [-0.05, 0) is 17.7 Å². The van der Waals surface area contributed by atoms with Gasteiger partial charge in [-0.15, -0.1) is 10.2 Å². The number of benzene rings is 2. The molecule has 0 aliphatic rings. The van der Waals surface area contributed by atoms with Gasteiger partial charge in [0, 0.05) is 42.9 Å². The summed E-state index contributed by atoms with van der Waals surface area (Å²) in [6.07, 6.45) is 1.88. The molecular weight excluding hydrogens is 378 g/mol. The monoisotopic (exact) mass is 403 g/mol. The van der Waals surface area contributed by atoms with Gasteiger partial charge in [-0.3, -0.25) is 4.79 Å². The maximum Gasteiger partial charge on any atom is 0.222 e. The third-order valence-corrected chi connectivity index (χ3v) is 5.16. The number of hydrogen-bond donors (Lipinski definition) is 0. The summed E-state index contributed by atoms with van der Waals surface area (Å²) in [5.74, 6) is 1.62. The molecule has 4 rings (SSSR count). The van der Waals surface area contributed by atoms with Crippen LogP contribution in [-0.2, 0) is 24.3 Å². The number of rotatable bonds is 8. The molecule has 0 radical (unpaired) electrons. The first-order valence-electron chi connectivity index (χ1n) is 10.2. The number of aryl methyl sites for hydroxylation is 2. The quantitative estimate of drug-likeness (QED) is 0.443. The molecule has 30 heavy (non-hydrogen) atoms. The largest absolute Gasteiger partial charge is 0.461 e. The van der Waals surface area contributed by atoms with E-state index < -0.39 is 0 Å². The number of para-hydroxylation sites is 1. The van der Waals surface area contributed by atoms with Gasteiger partial charge >= 0.3 is 0 Å². The van der Waals surface area contributed by atoms with Crippen LogP contribution in [0.3, 0.4) is 0 Å². The van der Waals surface area contributed by atoms with E-state index in [-0.39, 0.29) is 5.91 Å². The van der Waals surface area contributed by atoms with E-state index in [2.05, 4.69) is 22.3 Å². The van der Waals surface area contributed by atoms with Crippen molar-refractivity contribution >= 4 is 16.9 Å². The van der Waals surface area contributed by atoms with E-state index in [9.17, 15) is 4.79 Å². The highest BCUT2D eigenvalue weighted by Crippen LogP contribution is 2.27. The molecule has 0 aliphatic heterocycles. The molecule has 0 bridgehead atoms. The van der Waals surface area contributed by atoms with Gasteiger partial charge in [0.2, 0.25) is 11.7 Å². The van der Waals surface area contributed by atoms with E-state index in [4.69, 9.17) is 4.42 Å². The summed E-state index contributed by atoms with van der Waals surface area (Å²) in [5, 5.41) is 13.7. The fraction of sp³-hybridized carbons (Fsp3) is 0.304. The predicted octanol–water partition coefficient (Wildman–Crippen LogP) is 4.09. The number of amides is 1. The summed E-state index contributed by atoms with van der Waals surface area (Å²) in [6, 6.07) is 17.7. The number of nitrogens with zero attached hydrogens (tertiary/aromatic N) is 5. The average molecular weight is 403 g/mol. The Bertz CT molecular complexity index is 1130. The predicted molar refractivity (Wildman–Crippen MR) is 115 cm³/mol. The van der Waals surface area contributed by atoms with Crippen LogP contribution in [0.5, 0.6) is 0 Å². The Morgan fingerprint density at radius 3 is 2.67 bits per heavy atom. The van der Waals surface area contributed by atoms with Crippen LogP contribution in [0.15, 0.2) is 59.0 Å². The smallest absolute Gasteiger partial charge is 0.222 e. The summed E-state index contributed by atoms with van der Waals surface area (Å²) in [7, 11) is 1.84. The lowest BCUT2D eigenvalue weighted by atomic mass is 10.1. The molecule has 4 aromatic rings. The first kappa shape index (κ1) is 19.8. The lowest BCUT2D eigenvalue weighted by Gasteiger charge is -2.17.